The highest BCUT2D eigenvalue weighted by Crippen LogP contribution is 2.30. The van der Waals surface area contributed by atoms with Crippen LogP contribution in [0.5, 0.6) is 5.75 Å². The number of para-hydroxylation sites is 2. The Balaban J connectivity index is 2.08. The number of sulfonamides is 1. The van der Waals surface area contributed by atoms with Gasteiger partial charge in [0.05, 0.1) is 18.6 Å². The lowest BCUT2D eigenvalue weighted by atomic mass is 10.0. The minimum Gasteiger partial charge on any atom is -0.492 e. The number of nitrogens with zero attached hydrogens (tertiary/aromatic N) is 2. The van der Waals surface area contributed by atoms with E-state index in [-0.39, 0.29) is 30.6 Å². The fraction of sp³-hybridized carbons (Fsp3) is 0.333. The van der Waals surface area contributed by atoms with Crippen LogP contribution < -0.4 is 14.4 Å². The SMILES string of the molecule is CCOc1ccccc1N(CC(=O)N(Cc1cccc(Br)c1)C(Cc1ccccc1)C(=O)NC(C)C)S(C)(=O)=O. The number of rotatable bonds is 13. The quantitative estimate of drug-likeness (QED) is 0.294. The third kappa shape index (κ3) is 8.82. The molecule has 0 bridgehead atoms. The molecule has 0 aliphatic carbocycles. The van der Waals surface area contributed by atoms with E-state index >= 15 is 0 Å². The minimum atomic E-state index is -3.89. The first kappa shape index (κ1) is 31.2. The topological polar surface area (TPSA) is 96.0 Å². The Bertz CT molecular complexity index is 1400. The second-order valence-electron chi connectivity index (χ2n) is 9.69. The molecular weight excluding hydrogens is 594 g/mol. The Morgan fingerprint density at radius 2 is 1.60 bits per heavy atom. The molecule has 3 aromatic carbocycles. The van der Waals surface area contributed by atoms with Crippen molar-refractivity contribution in [1.82, 2.24) is 10.2 Å². The molecule has 0 fully saturated rings. The lowest BCUT2D eigenvalue weighted by molar-refractivity contribution is -0.140. The van der Waals surface area contributed by atoms with Crippen molar-refractivity contribution >= 4 is 43.5 Å². The zero-order valence-electron chi connectivity index (χ0n) is 23.2. The average Bonchev–Trinajstić information content (AvgIpc) is 2.89. The molecule has 8 nitrogen and oxygen atoms in total. The number of carbonyl (C=O) groups is 2. The molecule has 0 heterocycles. The molecule has 214 valence electrons. The summed E-state index contributed by atoms with van der Waals surface area (Å²) >= 11 is 3.48. The normalized spacial score (nSPS) is 12.1. The number of carbonyl (C=O) groups excluding carboxylic acids is 2. The Morgan fingerprint density at radius 1 is 0.950 bits per heavy atom. The van der Waals surface area contributed by atoms with E-state index in [1.54, 1.807) is 31.2 Å². The molecule has 3 aromatic rings. The summed E-state index contributed by atoms with van der Waals surface area (Å²) in [4.78, 5) is 29.2. The summed E-state index contributed by atoms with van der Waals surface area (Å²) in [5.74, 6) is -0.487. The monoisotopic (exact) mass is 629 g/mol. The van der Waals surface area contributed by atoms with E-state index in [2.05, 4.69) is 21.2 Å². The Kier molecular flexibility index (Phi) is 11.2. The minimum absolute atomic E-state index is 0.103. The van der Waals surface area contributed by atoms with Gasteiger partial charge in [-0.3, -0.25) is 13.9 Å². The molecule has 0 saturated heterocycles. The largest absolute Gasteiger partial charge is 0.492 e. The van der Waals surface area contributed by atoms with Crippen molar-refractivity contribution in [2.75, 3.05) is 23.7 Å². The van der Waals surface area contributed by atoms with Crippen molar-refractivity contribution in [3.05, 3.63) is 94.5 Å². The number of amides is 2. The van der Waals surface area contributed by atoms with Crippen molar-refractivity contribution < 1.29 is 22.7 Å². The molecule has 0 radical (unpaired) electrons. The fourth-order valence-corrected chi connectivity index (χ4v) is 5.60. The van der Waals surface area contributed by atoms with Gasteiger partial charge in [-0.2, -0.15) is 0 Å². The van der Waals surface area contributed by atoms with Crippen LogP contribution in [0.15, 0.2) is 83.3 Å². The van der Waals surface area contributed by atoms with E-state index < -0.39 is 28.5 Å². The summed E-state index contributed by atoms with van der Waals surface area (Å²) in [5.41, 5.74) is 1.92. The van der Waals surface area contributed by atoms with Crippen LogP contribution in [0.1, 0.15) is 31.9 Å². The van der Waals surface area contributed by atoms with E-state index in [4.69, 9.17) is 4.74 Å². The van der Waals surface area contributed by atoms with Gasteiger partial charge in [0.15, 0.2) is 0 Å². The number of benzene rings is 3. The van der Waals surface area contributed by atoms with Gasteiger partial charge in [0.1, 0.15) is 18.3 Å². The van der Waals surface area contributed by atoms with Crippen LogP contribution >= 0.6 is 15.9 Å². The standard InChI is InChI=1S/C30H36BrN3O5S/c1-5-39-28-17-10-9-16-26(28)34(40(4,37)38)21-29(35)33(20-24-14-11-15-25(31)18-24)27(30(36)32-22(2)3)19-23-12-7-6-8-13-23/h6-18,22,27H,5,19-21H2,1-4H3,(H,32,36). The second-order valence-corrected chi connectivity index (χ2v) is 12.5. The number of anilines is 1. The summed E-state index contributed by atoms with van der Waals surface area (Å²) < 4.78 is 33.5. The molecule has 0 aromatic heterocycles. The summed E-state index contributed by atoms with van der Waals surface area (Å²) in [6.45, 7) is 5.44. The Morgan fingerprint density at radius 3 is 2.23 bits per heavy atom. The first-order valence-corrected chi connectivity index (χ1v) is 15.7. The lowest BCUT2D eigenvalue weighted by Gasteiger charge is -2.34. The summed E-state index contributed by atoms with van der Waals surface area (Å²) in [6, 6.07) is 22.6. The highest BCUT2D eigenvalue weighted by atomic mass is 79.9. The van der Waals surface area contributed by atoms with E-state index in [1.165, 1.54) is 4.90 Å². The predicted octanol–water partition coefficient (Wildman–Crippen LogP) is 4.78. The first-order chi connectivity index (χ1) is 19.0. The van der Waals surface area contributed by atoms with Gasteiger partial charge >= 0.3 is 0 Å². The van der Waals surface area contributed by atoms with Crippen molar-refractivity contribution in [2.45, 2.75) is 45.8 Å². The molecule has 0 spiro atoms. The molecule has 0 saturated carbocycles. The zero-order valence-corrected chi connectivity index (χ0v) is 25.6. The summed E-state index contributed by atoms with van der Waals surface area (Å²) in [6.07, 6.45) is 1.31. The molecule has 2 amide bonds. The second kappa shape index (κ2) is 14.3. The van der Waals surface area contributed by atoms with Crippen LogP contribution in [0.4, 0.5) is 5.69 Å². The number of hydrogen-bond acceptors (Lipinski definition) is 5. The first-order valence-electron chi connectivity index (χ1n) is 13.1. The van der Waals surface area contributed by atoms with Gasteiger partial charge in [-0.1, -0.05) is 70.5 Å². The van der Waals surface area contributed by atoms with E-state index in [9.17, 15) is 18.0 Å². The molecule has 1 N–H and O–H groups in total. The molecule has 1 unspecified atom stereocenters. The van der Waals surface area contributed by atoms with Crippen LogP contribution in [0.2, 0.25) is 0 Å². The number of halogens is 1. The lowest BCUT2D eigenvalue weighted by Crippen LogP contribution is -2.54. The van der Waals surface area contributed by atoms with Crippen LogP contribution in [0, 0.1) is 0 Å². The summed E-state index contributed by atoms with van der Waals surface area (Å²) in [5, 5.41) is 2.94. The van der Waals surface area contributed by atoms with Crippen LogP contribution in [0.3, 0.4) is 0 Å². The van der Waals surface area contributed by atoms with Crippen molar-refractivity contribution in [3.63, 3.8) is 0 Å². The molecule has 0 aliphatic heterocycles. The van der Waals surface area contributed by atoms with Crippen LogP contribution in [-0.2, 0) is 32.6 Å². The van der Waals surface area contributed by atoms with Gasteiger partial charge in [-0.05, 0) is 56.2 Å². The van der Waals surface area contributed by atoms with Gasteiger partial charge in [0.2, 0.25) is 21.8 Å². The Hall–Kier alpha value is -3.37. The van der Waals surface area contributed by atoms with Crippen molar-refractivity contribution in [2.24, 2.45) is 0 Å². The van der Waals surface area contributed by atoms with E-state index in [0.717, 1.165) is 26.2 Å². The highest BCUT2D eigenvalue weighted by Gasteiger charge is 2.34. The number of ether oxygens (including phenoxy) is 1. The molecular formula is C30H36BrN3O5S. The molecule has 40 heavy (non-hydrogen) atoms. The molecule has 1 atom stereocenters. The molecule has 0 aliphatic rings. The third-order valence-electron chi connectivity index (χ3n) is 6.06. The predicted molar refractivity (Wildman–Crippen MR) is 162 cm³/mol. The van der Waals surface area contributed by atoms with Crippen LogP contribution in [-0.4, -0.2) is 56.6 Å². The van der Waals surface area contributed by atoms with Gasteiger partial charge in [-0.15, -0.1) is 0 Å². The average molecular weight is 631 g/mol. The molecule has 10 heteroatoms. The number of hydrogen-bond donors (Lipinski definition) is 1. The number of nitrogens with one attached hydrogen (secondary N) is 1. The maximum atomic E-state index is 14.1. The van der Waals surface area contributed by atoms with Crippen molar-refractivity contribution in [3.8, 4) is 5.75 Å². The van der Waals surface area contributed by atoms with Crippen LogP contribution in [0.25, 0.3) is 0 Å². The zero-order chi connectivity index (χ0) is 29.3. The smallest absolute Gasteiger partial charge is 0.244 e. The third-order valence-corrected chi connectivity index (χ3v) is 7.68. The molecule has 3 rings (SSSR count). The van der Waals surface area contributed by atoms with Gasteiger partial charge in [0, 0.05) is 23.5 Å². The van der Waals surface area contributed by atoms with Gasteiger partial charge in [0.25, 0.3) is 0 Å². The summed E-state index contributed by atoms with van der Waals surface area (Å²) in [7, 11) is -3.89. The van der Waals surface area contributed by atoms with E-state index in [0.29, 0.717) is 12.4 Å². The van der Waals surface area contributed by atoms with E-state index in [1.807, 2.05) is 68.4 Å². The van der Waals surface area contributed by atoms with Gasteiger partial charge in [-0.25, -0.2) is 8.42 Å². The van der Waals surface area contributed by atoms with Crippen molar-refractivity contribution in [1.29, 1.82) is 0 Å². The Labute approximate surface area is 245 Å². The fourth-order valence-electron chi connectivity index (χ4n) is 4.30. The maximum Gasteiger partial charge on any atom is 0.244 e. The highest BCUT2D eigenvalue weighted by molar-refractivity contribution is 9.10. The van der Waals surface area contributed by atoms with Gasteiger partial charge < -0.3 is 15.0 Å². The maximum absolute atomic E-state index is 14.1.